The number of aliphatic carboxylic acids is 1. The van der Waals surface area contributed by atoms with Crippen LogP contribution in [0.15, 0.2) is 0 Å². The maximum atomic E-state index is 11.3. The van der Waals surface area contributed by atoms with Crippen LogP contribution in [-0.4, -0.2) is 42.1 Å². The molecule has 0 unspecified atom stereocenters. The van der Waals surface area contributed by atoms with Gasteiger partial charge in [0.15, 0.2) is 0 Å². The van der Waals surface area contributed by atoms with E-state index in [2.05, 4.69) is 16.0 Å². The van der Waals surface area contributed by atoms with E-state index in [1.165, 1.54) is 6.92 Å². The van der Waals surface area contributed by atoms with Crippen molar-refractivity contribution in [2.75, 3.05) is 13.1 Å². The Bertz CT molecular complexity index is 281. The largest absolute Gasteiger partial charge is 0.480 e. The minimum atomic E-state index is -1.05. The first kappa shape index (κ1) is 15.2. The highest BCUT2D eigenvalue weighted by Gasteiger charge is 2.18. The molecule has 0 bridgehead atoms. The number of carboxylic acids is 1. The molecule has 0 radical (unpaired) electrons. The van der Waals surface area contributed by atoms with E-state index in [0.717, 1.165) is 0 Å². The summed E-state index contributed by atoms with van der Waals surface area (Å²) in [6, 6.07) is -1.42. The molecule has 0 aromatic carbocycles. The lowest BCUT2D eigenvalue weighted by atomic mass is 10.2. The average Bonchev–Trinajstić information content (AvgIpc) is 2.23. The number of nitrogens with one attached hydrogen (secondary N) is 3. The minimum Gasteiger partial charge on any atom is -0.480 e. The van der Waals surface area contributed by atoms with Crippen molar-refractivity contribution < 1.29 is 19.5 Å². The molecule has 0 heterocycles. The Hall–Kier alpha value is -1.79. The lowest BCUT2D eigenvalue weighted by Gasteiger charge is -2.14. The number of rotatable bonds is 7. The Morgan fingerprint density at radius 3 is 2.24 bits per heavy atom. The Kier molecular flexibility index (Phi) is 7.49. The van der Waals surface area contributed by atoms with Crippen molar-refractivity contribution in [2.24, 2.45) is 0 Å². The van der Waals surface area contributed by atoms with Gasteiger partial charge in [-0.15, -0.1) is 0 Å². The molecule has 0 fully saturated rings. The van der Waals surface area contributed by atoms with Gasteiger partial charge in [0.1, 0.15) is 6.04 Å². The molecule has 0 aromatic heterocycles. The van der Waals surface area contributed by atoms with Crippen LogP contribution in [0.1, 0.15) is 26.7 Å². The van der Waals surface area contributed by atoms with Gasteiger partial charge in [0.2, 0.25) is 5.91 Å². The third kappa shape index (κ3) is 8.06. The summed E-state index contributed by atoms with van der Waals surface area (Å²) in [5.74, 6) is -1.23. The van der Waals surface area contributed by atoms with Gasteiger partial charge in [-0.1, -0.05) is 13.3 Å². The Morgan fingerprint density at radius 2 is 1.76 bits per heavy atom. The number of carboxylic acid groups (broad SMARTS) is 1. The van der Waals surface area contributed by atoms with E-state index in [0.29, 0.717) is 19.4 Å². The van der Waals surface area contributed by atoms with E-state index in [1.54, 1.807) is 0 Å². The Labute approximate surface area is 100.0 Å². The topological polar surface area (TPSA) is 108 Å². The number of carbonyl (C=O) groups is 3. The second-order valence-corrected chi connectivity index (χ2v) is 3.56. The van der Waals surface area contributed by atoms with Gasteiger partial charge in [-0.2, -0.15) is 0 Å². The van der Waals surface area contributed by atoms with Crippen LogP contribution in [0, 0.1) is 0 Å². The van der Waals surface area contributed by atoms with Gasteiger partial charge in [0.05, 0.1) is 0 Å². The fraction of sp³-hybridized carbons (Fsp3) is 0.700. The van der Waals surface area contributed by atoms with E-state index in [4.69, 9.17) is 5.11 Å². The molecule has 0 aliphatic rings. The maximum Gasteiger partial charge on any atom is 0.326 e. The zero-order valence-corrected chi connectivity index (χ0v) is 10.1. The molecule has 7 nitrogen and oxygen atoms in total. The van der Waals surface area contributed by atoms with Crippen LogP contribution in [-0.2, 0) is 9.59 Å². The first-order valence-electron chi connectivity index (χ1n) is 5.49. The molecule has 4 N–H and O–H groups in total. The van der Waals surface area contributed by atoms with Gasteiger partial charge in [-0.05, 0) is 6.42 Å². The maximum absolute atomic E-state index is 11.3. The number of hydrogen-bond donors (Lipinski definition) is 4. The van der Waals surface area contributed by atoms with Crippen LogP contribution < -0.4 is 16.0 Å². The van der Waals surface area contributed by atoms with Crippen molar-refractivity contribution in [3.05, 3.63) is 0 Å². The third-order valence-electron chi connectivity index (χ3n) is 1.97. The second kappa shape index (κ2) is 8.37. The number of hydrogen-bond acceptors (Lipinski definition) is 3. The molecule has 0 aliphatic heterocycles. The van der Waals surface area contributed by atoms with Crippen LogP contribution in [0.25, 0.3) is 0 Å². The second-order valence-electron chi connectivity index (χ2n) is 3.56. The van der Waals surface area contributed by atoms with Gasteiger partial charge in [-0.3, -0.25) is 4.79 Å². The molecule has 7 heteroatoms. The average molecular weight is 245 g/mol. The molecular weight excluding hydrogens is 226 g/mol. The van der Waals surface area contributed by atoms with Crippen LogP contribution in [0.5, 0.6) is 0 Å². The van der Waals surface area contributed by atoms with Crippen molar-refractivity contribution in [3.63, 3.8) is 0 Å². The monoisotopic (exact) mass is 245 g/mol. The van der Waals surface area contributed by atoms with Crippen molar-refractivity contribution in [3.8, 4) is 0 Å². The van der Waals surface area contributed by atoms with Crippen molar-refractivity contribution >= 4 is 17.9 Å². The van der Waals surface area contributed by atoms with Crippen molar-refractivity contribution in [1.82, 2.24) is 16.0 Å². The van der Waals surface area contributed by atoms with Gasteiger partial charge >= 0.3 is 12.0 Å². The van der Waals surface area contributed by atoms with Gasteiger partial charge in [-0.25, -0.2) is 9.59 Å². The molecule has 0 spiro atoms. The standard InChI is InChI=1S/C10H19N3O4/c1-3-4-8(9(15)16)13-10(17)12-6-5-11-7(2)14/h8H,3-6H2,1-2H3,(H,11,14)(H,15,16)(H2,12,13,17)/t8-/m0/s1. The molecule has 0 aromatic rings. The van der Waals surface area contributed by atoms with E-state index in [1.807, 2.05) is 6.92 Å². The Balaban J connectivity index is 3.82. The van der Waals surface area contributed by atoms with Gasteiger partial charge < -0.3 is 21.1 Å². The summed E-state index contributed by atoms with van der Waals surface area (Å²) < 4.78 is 0. The van der Waals surface area contributed by atoms with Crippen LogP contribution in [0.4, 0.5) is 4.79 Å². The molecule has 3 amide bonds. The highest BCUT2D eigenvalue weighted by Crippen LogP contribution is 1.96. The SMILES string of the molecule is CCC[C@H](NC(=O)NCCNC(C)=O)C(=O)O. The predicted molar refractivity (Wildman–Crippen MR) is 61.5 cm³/mol. The summed E-state index contributed by atoms with van der Waals surface area (Å²) in [6.07, 6.45) is 1.05. The zero-order valence-electron chi connectivity index (χ0n) is 10.1. The fourth-order valence-electron chi connectivity index (χ4n) is 1.17. The van der Waals surface area contributed by atoms with Crippen molar-refractivity contribution in [1.29, 1.82) is 0 Å². The summed E-state index contributed by atoms with van der Waals surface area (Å²) in [4.78, 5) is 32.5. The first-order valence-corrected chi connectivity index (χ1v) is 5.49. The summed E-state index contributed by atoms with van der Waals surface area (Å²) >= 11 is 0. The molecular formula is C10H19N3O4. The quantitative estimate of drug-likeness (QED) is 0.461. The molecule has 1 atom stereocenters. The van der Waals surface area contributed by atoms with Gasteiger partial charge in [0.25, 0.3) is 0 Å². The lowest BCUT2D eigenvalue weighted by Crippen LogP contribution is -2.47. The highest BCUT2D eigenvalue weighted by atomic mass is 16.4. The smallest absolute Gasteiger partial charge is 0.326 e. The molecule has 17 heavy (non-hydrogen) atoms. The molecule has 0 aliphatic carbocycles. The van der Waals surface area contributed by atoms with Crippen LogP contribution >= 0.6 is 0 Å². The predicted octanol–water partition coefficient (Wildman–Crippen LogP) is -0.325. The Morgan fingerprint density at radius 1 is 1.18 bits per heavy atom. The van der Waals surface area contributed by atoms with Gasteiger partial charge in [0, 0.05) is 20.0 Å². The molecule has 0 saturated carbocycles. The minimum absolute atomic E-state index is 0.179. The fourth-order valence-corrected chi connectivity index (χ4v) is 1.17. The lowest BCUT2D eigenvalue weighted by molar-refractivity contribution is -0.139. The third-order valence-corrected chi connectivity index (χ3v) is 1.97. The summed E-state index contributed by atoms with van der Waals surface area (Å²) in [5.41, 5.74) is 0. The van der Waals surface area contributed by atoms with E-state index in [-0.39, 0.29) is 12.5 Å². The van der Waals surface area contributed by atoms with Crippen LogP contribution in [0.2, 0.25) is 0 Å². The van der Waals surface area contributed by atoms with E-state index >= 15 is 0 Å². The first-order chi connectivity index (χ1) is 7.97. The highest BCUT2D eigenvalue weighted by molar-refractivity contribution is 5.82. The van der Waals surface area contributed by atoms with Crippen molar-refractivity contribution in [2.45, 2.75) is 32.7 Å². The normalized spacial score (nSPS) is 11.4. The molecule has 98 valence electrons. The van der Waals surface area contributed by atoms with E-state index < -0.39 is 18.0 Å². The number of carbonyl (C=O) groups excluding carboxylic acids is 2. The zero-order chi connectivity index (χ0) is 13.3. The summed E-state index contributed by atoms with van der Waals surface area (Å²) in [6.45, 7) is 3.78. The number of urea groups is 1. The number of amides is 3. The molecule has 0 rings (SSSR count). The van der Waals surface area contributed by atoms with E-state index in [9.17, 15) is 14.4 Å². The summed E-state index contributed by atoms with van der Waals surface area (Å²) in [5, 5.41) is 16.1. The van der Waals surface area contributed by atoms with Crippen LogP contribution in [0.3, 0.4) is 0 Å². The summed E-state index contributed by atoms with van der Waals surface area (Å²) in [7, 11) is 0. The molecule has 0 saturated heterocycles.